The zero-order valence-corrected chi connectivity index (χ0v) is 17.4. The third-order valence-corrected chi connectivity index (χ3v) is 5.48. The highest BCUT2D eigenvalue weighted by atomic mass is 19.4. The Morgan fingerprint density at radius 1 is 1.19 bits per heavy atom. The van der Waals surface area contributed by atoms with Gasteiger partial charge in [0, 0.05) is 30.8 Å². The van der Waals surface area contributed by atoms with E-state index in [1.54, 1.807) is 4.90 Å². The van der Waals surface area contributed by atoms with Crippen molar-refractivity contribution >= 4 is 23.0 Å². The molecule has 10 heteroatoms. The predicted molar refractivity (Wildman–Crippen MR) is 110 cm³/mol. The van der Waals surface area contributed by atoms with E-state index in [0.717, 1.165) is 29.1 Å². The maximum absolute atomic E-state index is 12.9. The zero-order chi connectivity index (χ0) is 22.9. The Morgan fingerprint density at radius 2 is 1.84 bits per heavy atom. The summed E-state index contributed by atoms with van der Waals surface area (Å²) < 4.78 is 38.8. The molecule has 3 rings (SSSR count). The first-order valence-corrected chi connectivity index (χ1v) is 9.83. The second-order valence-corrected chi connectivity index (χ2v) is 7.75. The summed E-state index contributed by atoms with van der Waals surface area (Å²) in [6, 6.07) is 4.42. The molecule has 1 aliphatic rings. The highest BCUT2D eigenvalue weighted by Gasteiger charge is 2.35. The molecule has 0 radical (unpaired) electrons. The molecule has 1 aromatic carbocycles. The van der Waals surface area contributed by atoms with Crippen LogP contribution >= 0.6 is 0 Å². The minimum Gasteiger partial charge on any atom is -0.366 e. The molecule has 1 fully saturated rings. The summed E-state index contributed by atoms with van der Waals surface area (Å²) in [5, 5.41) is 14.3. The van der Waals surface area contributed by atoms with E-state index in [2.05, 4.69) is 10.3 Å². The number of anilines is 2. The van der Waals surface area contributed by atoms with Gasteiger partial charge in [-0.2, -0.15) is 13.2 Å². The van der Waals surface area contributed by atoms with E-state index in [4.69, 9.17) is 0 Å². The first-order chi connectivity index (χ1) is 14.5. The third-order valence-electron chi connectivity index (χ3n) is 5.48. The molecule has 0 saturated carbocycles. The molecule has 7 nitrogen and oxygen atoms in total. The zero-order valence-electron chi connectivity index (χ0n) is 17.4. The van der Waals surface area contributed by atoms with Crippen LogP contribution in [-0.2, 0) is 11.0 Å². The summed E-state index contributed by atoms with van der Waals surface area (Å²) in [5.74, 6) is -0.455. The monoisotopic (exact) mass is 436 g/mol. The summed E-state index contributed by atoms with van der Waals surface area (Å²) in [7, 11) is 0. The Hall–Kier alpha value is -3.17. The number of alkyl halides is 3. The molecule has 1 saturated heterocycles. The van der Waals surface area contributed by atoms with Crippen molar-refractivity contribution in [3.05, 3.63) is 56.9 Å². The number of rotatable bonds is 4. The number of carbonyl (C=O) groups excluding carboxylic acids is 1. The SMILES string of the molecule is Cc1cc(C)c(NC(=O)C2CCN(c3ccc(C(F)(F)F)cc3[N+](=O)[O-])CC2)c(C)n1. The van der Waals surface area contributed by atoms with Crippen molar-refractivity contribution in [2.45, 2.75) is 39.8 Å². The Morgan fingerprint density at radius 3 is 2.39 bits per heavy atom. The lowest BCUT2D eigenvalue weighted by atomic mass is 9.95. The molecule has 0 unspecified atom stereocenters. The number of benzene rings is 1. The van der Waals surface area contributed by atoms with Crippen LogP contribution in [0.25, 0.3) is 0 Å². The third kappa shape index (κ3) is 4.95. The fourth-order valence-electron chi connectivity index (χ4n) is 3.93. The van der Waals surface area contributed by atoms with Gasteiger partial charge in [0.1, 0.15) is 5.69 Å². The maximum Gasteiger partial charge on any atom is 0.416 e. The van der Waals surface area contributed by atoms with E-state index in [9.17, 15) is 28.1 Å². The molecular formula is C21H23F3N4O3. The number of pyridine rings is 1. The quantitative estimate of drug-likeness (QED) is 0.550. The number of nitro groups is 1. The Balaban J connectivity index is 1.71. The van der Waals surface area contributed by atoms with Gasteiger partial charge in [-0.25, -0.2) is 0 Å². The number of nitrogens with zero attached hydrogens (tertiary/aromatic N) is 3. The molecule has 2 aromatic rings. The van der Waals surface area contributed by atoms with Crippen molar-refractivity contribution in [2.75, 3.05) is 23.3 Å². The molecule has 1 amide bonds. The number of halogens is 3. The van der Waals surface area contributed by atoms with Crippen LogP contribution in [0.5, 0.6) is 0 Å². The molecule has 1 aliphatic heterocycles. The number of hydrogen-bond acceptors (Lipinski definition) is 5. The Kier molecular flexibility index (Phi) is 6.19. The first-order valence-electron chi connectivity index (χ1n) is 9.83. The smallest absolute Gasteiger partial charge is 0.366 e. The van der Waals surface area contributed by atoms with Gasteiger partial charge in [-0.15, -0.1) is 0 Å². The van der Waals surface area contributed by atoms with Crippen LogP contribution in [0, 0.1) is 36.8 Å². The van der Waals surface area contributed by atoms with E-state index < -0.39 is 22.4 Å². The molecule has 1 N–H and O–H groups in total. The van der Waals surface area contributed by atoms with E-state index >= 15 is 0 Å². The van der Waals surface area contributed by atoms with Gasteiger partial charge in [0.25, 0.3) is 5.69 Å². The molecule has 2 heterocycles. The lowest BCUT2D eigenvalue weighted by Gasteiger charge is -2.33. The number of hydrogen-bond donors (Lipinski definition) is 1. The summed E-state index contributed by atoms with van der Waals surface area (Å²) in [6.45, 7) is 6.25. The number of aromatic nitrogens is 1. The fraction of sp³-hybridized carbons (Fsp3) is 0.429. The molecule has 0 bridgehead atoms. The summed E-state index contributed by atoms with van der Waals surface area (Å²) in [5.41, 5.74) is 1.66. The summed E-state index contributed by atoms with van der Waals surface area (Å²) in [6.07, 6.45) is -3.79. The molecule has 1 aromatic heterocycles. The number of piperidine rings is 1. The van der Waals surface area contributed by atoms with Crippen LogP contribution in [0.4, 0.5) is 30.2 Å². The van der Waals surface area contributed by atoms with Crippen LogP contribution in [0.3, 0.4) is 0 Å². The van der Waals surface area contributed by atoms with Crippen molar-refractivity contribution in [3.63, 3.8) is 0 Å². The van der Waals surface area contributed by atoms with E-state index in [0.29, 0.717) is 37.7 Å². The van der Waals surface area contributed by atoms with Gasteiger partial charge < -0.3 is 10.2 Å². The molecular weight excluding hydrogens is 413 g/mol. The van der Waals surface area contributed by atoms with Gasteiger partial charge in [0.05, 0.1) is 21.9 Å². The second kappa shape index (κ2) is 8.52. The molecule has 0 atom stereocenters. The van der Waals surface area contributed by atoms with Gasteiger partial charge in [0.15, 0.2) is 0 Å². The summed E-state index contributed by atoms with van der Waals surface area (Å²) in [4.78, 5) is 29.3. The number of amides is 1. The standard InChI is InChI=1S/C21H23F3N4O3/c1-12-10-13(2)25-14(3)19(12)26-20(29)15-6-8-27(9-7-15)17-5-4-16(21(22,23)24)11-18(17)28(30)31/h4-5,10-11,15H,6-9H2,1-3H3,(H,26,29). The van der Waals surface area contributed by atoms with Gasteiger partial charge in [-0.1, -0.05) is 0 Å². The number of nitrogens with one attached hydrogen (secondary N) is 1. The largest absolute Gasteiger partial charge is 0.416 e. The van der Waals surface area contributed by atoms with Crippen molar-refractivity contribution < 1.29 is 22.9 Å². The summed E-state index contributed by atoms with van der Waals surface area (Å²) >= 11 is 0. The van der Waals surface area contributed by atoms with E-state index in [1.165, 1.54) is 0 Å². The molecule has 31 heavy (non-hydrogen) atoms. The van der Waals surface area contributed by atoms with Gasteiger partial charge >= 0.3 is 6.18 Å². The second-order valence-electron chi connectivity index (χ2n) is 7.75. The lowest BCUT2D eigenvalue weighted by molar-refractivity contribution is -0.384. The molecule has 166 valence electrons. The van der Waals surface area contributed by atoms with Crippen molar-refractivity contribution in [3.8, 4) is 0 Å². The Labute approximate surface area is 177 Å². The lowest BCUT2D eigenvalue weighted by Crippen LogP contribution is -2.38. The van der Waals surface area contributed by atoms with Crippen LogP contribution in [0.2, 0.25) is 0 Å². The van der Waals surface area contributed by atoms with Crippen molar-refractivity contribution in [1.82, 2.24) is 4.98 Å². The highest BCUT2D eigenvalue weighted by Crippen LogP contribution is 2.37. The van der Waals surface area contributed by atoms with Gasteiger partial charge in [-0.3, -0.25) is 19.9 Å². The molecule has 0 spiro atoms. The number of aryl methyl sites for hydroxylation is 3. The van der Waals surface area contributed by atoms with E-state index in [-0.39, 0.29) is 17.5 Å². The number of carbonyl (C=O) groups is 1. The van der Waals surface area contributed by atoms with E-state index in [1.807, 2.05) is 26.8 Å². The van der Waals surface area contributed by atoms with Crippen LogP contribution < -0.4 is 10.2 Å². The van der Waals surface area contributed by atoms with Crippen molar-refractivity contribution in [2.24, 2.45) is 5.92 Å². The molecule has 0 aliphatic carbocycles. The first kappa shape index (κ1) is 22.5. The topological polar surface area (TPSA) is 88.4 Å². The normalized spacial score (nSPS) is 15.1. The highest BCUT2D eigenvalue weighted by molar-refractivity contribution is 5.94. The van der Waals surface area contributed by atoms with Gasteiger partial charge in [-0.05, 0) is 57.4 Å². The van der Waals surface area contributed by atoms with Crippen LogP contribution in [0.1, 0.15) is 35.4 Å². The maximum atomic E-state index is 12.9. The number of nitro benzene ring substituents is 1. The fourth-order valence-corrected chi connectivity index (χ4v) is 3.93. The average Bonchev–Trinajstić information content (AvgIpc) is 2.69. The van der Waals surface area contributed by atoms with Crippen LogP contribution in [-0.4, -0.2) is 28.9 Å². The van der Waals surface area contributed by atoms with Gasteiger partial charge in [0.2, 0.25) is 5.91 Å². The van der Waals surface area contributed by atoms with Crippen LogP contribution in [0.15, 0.2) is 24.3 Å². The average molecular weight is 436 g/mol. The van der Waals surface area contributed by atoms with Crippen molar-refractivity contribution in [1.29, 1.82) is 0 Å². The minimum atomic E-state index is -4.66. The Bertz CT molecular complexity index is 992. The predicted octanol–water partition coefficient (Wildman–Crippen LogP) is 4.79. The minimum absolute atomic E-state index is 0.131.